The lowest BCUT2D eigenvalue weighted by molar-refractivity contribution is 0.0783. The molecule has 4 rings (SSSR count). The number of pyridine rings is 1. The zero-order valence-electron chi connectivity index (χ0n) is 16.5. The fourth-order valence-electron chi connectivity index (χ4n) is 3.06. The number of fused-ring (bicyclic) bond motifs is 1. The number of benzene rings is 1. The molecule has 0 aliphatic carbocycles. The van der Waals surface area contributed by atoms with Crippen LogP contribution in [0.5, 0.6) is 11.5 Å². The van der Waals surface area contributed by atoms with Gasteiger partial charge in [0.25, 0.3) is 5.91 Å². The number of carbonyl (C=O) groups is 1. The van der Waals surface area contributed by atoms with Crippen molar-refractivity contribution in [1.82, 2.24) is 19.9 Å². The number of hydrogen-bond donors (Lipinski definition) is 0. The molecule has 0 N–H and O–H groups in total. The molecule has 8 heteroatoms. The van der Waals surface area contributed by atoms with E-state index in [4.69, 9.17) is 9.47 Å². The number of hydrogen-bond acceptors (Lipinski definition) is 7. The Bertz CT molecular complexity index is 1040. The fraction of sp³-hybridized carbons (Fsp3) is 0.238. The summed E-state index contributed by atoms with van der Waals surface area (Å²) in [6.07, 6.45) is 5.23. The maximum atomic E-state index is 13.0. The standard InChI is InChI=1S/C21H21N5O3/c1-25(2)21-23-11-16(14-6-8-22-9-7-14)17(24-21)12-26(3)20(27)15-4-5-18-19(10-15)29-13-28-18/h4-11H,12-13H2,1-3H3. The first-order valence-electron chi connectivity index (χ1n) is 9.11. The molecule has 3 heterocycles. The number of anilines is 1. The van der Waals surface area contributed by atoms with Crippen LogP contribution in [0.2, 0.25) is 0 Å². The normalized spacial score (nSPS) is 12.0. The van der Waals surface area contributed by atoms with Gasteiger partial charge in [0.15, 0.2) is 11.5 Å². The third kappa shape index (κ3) is 3.82. The van der Waals surface area contributed by atoms with Crippen molar-refractivity contribution in [3.8, 4) is 22.6 Å². The third-order valence-corrected chi connectivity index (χ3v) is 4.60. The maximum Gasteiger partial charge on any atom is 0.254 e. The Morgan fingerprint density at radius 2 is 1.83 bits per heavy atom. The summed E-state index contributed by atoms with van der Waals surface area (Å²) < 4.78 is 10.7. The summed E-state index contributed by atoms with van der Waals surface area (Å²) in [6.45, 7) is 0.501. The zero-order valence-corrected chi connectivity index (χ0v) is 16.5. The van der Waals surface area contributed by atoms with E-state index in [9.17, 15) is 4.79 Å². The van der Waals surface area contributed by atoms with Crippen LogP contribution in [0.4, 0.5) is 5.95 Å². The second kappa shape index (κ2) is 7.75. The minimum Gasteiger partial charge on any atom is -0.454 e. The lowest BCUT2D eigenvalue weighted by Gasteiger charge is -2.20. The Hall–Kier alpha value is -3.68. The first kappa shape index (κ1) is 18.7. The molecule has 0 bridgehead atoms. The average molecular weight is 391 g/mol. The van der Waals surface area contributed by atoms with Gasteiger partial charge in [0.1, 0.15) is 0 Å². The summed E-state index contributed by atoms with van der Waals surface area (Å²) in [6, 6.07) is 8.99. The zero-order chi connectivity index (χ0) is 20.4. The Morgan fingerprint density at radius 3 is 2.59 bits per heavy atom. The van der Waals surface area contributed by atoms with Crippen molar-refractivity contribution in [3.05, 3.63) is 60.2 Å². The lowest BCUT2D eigenvalue weighted by Crippen LogP contribution is -2.27. The topological polar surface area (TPSA) is 80.7 Å². The van der Waals surface area contributed by atoms with Crippen LogP contribution in [-0.4, -0.2) is 53.7 Å². The van der Waals surface area contributed by atoms with E-state index in [0.29, 0.717) is 29.6 Å². The second-order valence-electron chi connectivity index (χ2n) is 6.89. The lowest BCUT2D eigenvalue weighted by atomic mass is 10.1. The van der Waals surface area contributed by atoms with Gasteiger partial charge in [-0.2, -0.15) is 0 Å². The Kier molecular flexibility index (Phi) is 4.99. The summed E-state index contributed by atoms with van der Waals surface area (Å²) in [4.78, 5) is 29.6. The molecule has 1 amide bonds. The van der Waals surface area contributed by atoms with Gasteiger partial charge in [-0.05, 0) is 35.9 Å². The summed E-state index contributed by atoms with van der Waals surface area (Å²) in [5.41, 5.74) is 3.10. The number of rotatable bonds is 5. The highest BCUT2D eigenvalue weighted by Crippen LogP contribution is 2.33. The Balaban J connectivity index is 1.63. The SMILES string of the molecule is CN(Cc1nc(N(C)C)ncc1-c1ccncc1)C(=O)c1ccc2c(c1)OCO2. The average Bonchev–Trinajstić information content (AvgIpc) is 3.21. The van der Waals surface area contributed by atoms with E-state index >= 15 is 0 Å². The maximum absolute atomic E-state index is 13.0. The monoisotopic (exact) mass is 391 g/mol. The molecular weight excluding hydrogens is 370 g/mol. The van der Waals surface area contributed by atoms with Crippen molar-refractivity contribution in [2.75, 3.05) is 32.8 Å². The van der Waals surface area contributed by atoms with Gasteiger partial charge in [0, 0.05) is 50.9 Å². The quantitative estimate of drug-likeness (QED) is 0.661. The third-order valence-electron chi connectivity index (χ3n) is 4.60. The van der Waals surface area contributed by atoms with Gasteiger partial charge in [-0.25, -0.2) is 9.97 Å². The molecule has 1 aliphatic heterocycles. The minimum absolute atomic E-state index is 0.131. The van der Waals surface area contributed by atoms with Gasteiger partial charge in [0.05, 0.1) is 12.2 Å². The van der Waals surface area contributed by atoms with Crippen molar-refractivity contribution in [1.29, 1.82) is 0 Å². The predicted molar refractivity (Wildman–Crippen MR) is 108 cm³/mol. The molecule has 0 fully saturated rings. The number of carbonyl (C=O) groups excluding carboxylic acids is 1. The van der Waals surface area contributed by atoms with Crippen LogP contribution in [0.3, 0.4) is 0 Å². The van der Waals surface area contributed by atoms with Crippen LogP contribution in [0.15, 0.2) is 48.9 Å². The number of amides is 1. The van der Waals surface area contributed by atoms with Gasteiger partial charge in [-0.3, -0.25) is 9.78 Å². The Morgan fingerprint density at radius 1 is 1.07 bits per heavy atom. The molecule has 0 unspecified atom stereocenters. The fourth-order valence-corrected chi connectivity index (χ4v) is 3.06. The number of nitrogens with zero attached hydrogens (tertiary/aromatic N) is 5. The number of ether oxygens (including phenoxy) is 2. The molecule has 1 aromatic carbocycles. The van der Waals surface area contributed by atoms with Crippen LogP contribution in [0.1, 0.15) is 16.1 Å². The Labute approximate surface area is 168 Å². The second-order valence-corrected chi connectivity index (χ2v) is 6.89. The first-order chi connectivity index (χ1) is 14.0. The van der Waals surface area contributed by atoms with Crippen molar-refractivity contribution in [2.24, 2.45) is 0 Å². The summed E-state index contributed by atoms with van der Waals surface area (Å²) >= 11 is 0. The predicted octanol–water partition coefficient (Wildman–Crippen LogP) is 2.61. The van der Waals surface area contributed by atoms with Crippen molar-refractivity contribution in [2.45, 2.75) is 6.54 Å². The van der Waals surface area contributed by atoms with Crippen LogP contribution in [0.25, 0.3) is 11.1 Å². The molecule has 148 valence electrons. The van der Waals surface area contributed by atoms with Crippen LogP contribution >= 0.6 is 0 Å². The molecule has 0 saturated carbocycles. The molecule has 0 radical (unpaired) electrons. The van der Waals surface area contributed by atoms with E-state index < -0.39 is 0 Å². The van der Waals surface area contributed by atoms with E-state index in [-0.39, 0.29) is 12.7 Å². The van der Waals surface area contributed by atoms with Crippen molar-refractivity contribution < 1.29 is 14.3 Å². The molecule has 2 aromatic heterocycles. The summed E-state index contributed by atoms with van der Waals surface area (Å²) in [7, 11) is 5.51. The van der Waals surface area contributed by atoms with E-state index in [0.717, 1.165) is 16.8 Å². The highest BCUT2D eigenvalue weighted by atomic mass is 16.7. The molecule has 8 nitrogen and oxygen atoms in total. The highest BCUT2D eigenvalue weighted by Gasteiger charge is 2.20. The van der Waals surface area contributed by atoms with E-state index in [1.54, 1.807) is 48.7 Å². The molecule has 0 spiro atoms. The van der Waals surface area contributed by atoms with Crippen molar-refractivity contribution >= 4 is 11.9 Å². The molecule has 3 aromatic rings. The molecule has 0 atom stereocenters. The van der Waals surface area contributed by atoms with Crippen LogP contribution in [-0.2, 0) is 6.54 Å². The van der Waals surface area contributed by atoms with Gasteiger partial charge in [-0.1, -0.05) is 0 Å². The van der Waals surface area contributed by atoms with E-state index in [1.165, 1.54) is 0 Å². The first-order valence-corrected chi connectivity index (χ1v) is 9.11. The number of aromatic nitrogens is 3. The molecule has 29 heavy (non-hydrogen) atoms. The van der Waals surface area contributed by atoms with Gasteiger partial charge in [0.2, 0.25) is 12.7 Å². The van der Waals surface area contributed by atoms with Gasteiger partial charge in [-0.15, -0.1) is 0 Å². The summed E-state index contributed by atoms with van der Waals surface area (Å²) in [5.74, 6) is 1.69. The van der Waals surface area contributed by atoms with Crippen LogP contribution < -0.4 is 14.4 Å². The van der Waals surface area contributed by atoms with Crippen molar-refractivity contribution in [3.63, 3.8) is 0 Å². The molecule has 1 aliphatic rings. The van der Waals surface area contributed by atoms with E-state index in [1.807, 2.05) is 31.1 Å². The molecule has 0 saturated heterocycles. The van der Waals surface area contributed by atoms with Gasteiger partial charge >= 0.3 is 0 Å². The summed E-state index contributed by atoms with van der Waals surface area (Å²) in [5, 5.41) is 0. The van der Waals surface area contributed by atoms with Crippen LogP contribution in [0, 0.1) is 0 Å². The highest BCUT2D eigenvalue weighted by molar-refractivity contribution is 5.94. The van der Waals surface area contributed by atoms with Gasteiger partial charge < -0.3 is 19.3 Å². The van der Waals surface area contributed by atoms with E-state index in [2.05, 4.69) is 15.0 Å². The largest absolute Gasteiger partial charge is 0.454 e. The molecular formula is C21H21N5O3. The smallest absolute Gasteiger partial charge is 0.254 e. The minimum atomic E-state index is -0.131.